The smallest absolute Gasteiger partial charge is 0.340 e. The molecule has 0 bridgehead atoms. The Bertz CT molecular complexity index is 1360. The van der Waals surface area contributed by atoms with Crippen molar-refractivity contribution in [1.29, 1.82) is 0 Å². The van der Waals surface area contributed by atoms with E-state index in [9.17, 15) is 27.2 Å². The number of amides is 2. The van der Waals surface area contributed by atoms with Crippen LogP contribution in [-0.4, -0.2) is 44.4 Å². The second kappa shape index (κ2) is 10.1. The fraction of sp³-hybridized carbons (Fsp3) is 0.136. The van der Waals surface area contributed by atoms with Crippen molar-refractivity contribution in [2.24, 2.45) is 7.05 Å². The van der Waals surface area contributed by atoms with E-state index in [4.69, 9.17) is 16.3 Å². The summed E-state index contributed by atoms with van der Waals surface area (Å²) in [5.74, 6) is -3.15. The number of ether oxygens (including phenoxy) is 1. The Hall–Kier alpha value is -3.70. The summed E-state index contributed by atoms with van der Waals surface area (Å²) >= 11 is 6.03. The van der Waals surface area contributed by atoms with Crippen LogP contribution in [0.3, 0.4) is 0 Å². The van der Waals surface area contributed by atoms with E-state index in [-0.39, 0.29) is 26.9 Å². The summed E-state index contributed by atoms with van der Waals surface area (Å²) in [6, 6.07) is 11.3. The fourth-order valence-corrected chi connectivity index (χ4v) is 4.32. The first-order valence-corrected chi connectivity index (χ1v) is 11.5. The molecule has 0 fully saturated rings. The molecule has 0 aliphatic heterocycles. The van der Waals surface area contributed by atoms with Gasteiger partial charge in [0.1, 0.15) is 11.5 Å². The number of nitrogens with zero attached hydrogens (tertiary/aromatic N) is 2. The molecule has 178 valence electrons. The standard InChI is InChI=1S/C22H19ClFN3O6S/c1-26-11-3-4-19(26)21(29)25-20(28)13-33-22(30)17-12-16(9-10-18(17)23)34(31,32)27(2)15-7-5-14(24)6-8-15/h3-12H,13H2,1-2H3,(H,25,28,29). The number of nitrogens with one attached hydrogen (secondary N) is 1. The summed E-state index contributed by atoms with van der Waals surface area (Å²) in [6.07, 6.45) is 1.62. The number of rotatable bonds is 7. The zero-order valence-corrected chi connectivity index (χ0v) is 19.6. The van der Waals surface area contributed by atoms with Gasteiger partial charge in [-0.25, -0.2) is 17.6 Å². The maximum absolute atomic E-state index is 13.2. The Labute approximate surface area is 199 Å². The number of aromatic nitrogens is 1. The number of hydrogen-bond acceptors (Lipinski definition) is 6. The predicted octanol–water partition coefficient (Wildman–Crippen LogP) is 2.76. The lowest BCUT2D eigenvalue weighted by molar-refractivity contribution is -0.123. The Kier molecular flexibility index (Phi) is 7.38. The molecule has 3 aromatic rings. The van der Waals surface area contributed by atoms with Crippen molar-refractivity contribution in [3.63, 3.8) is 0 Å². The van der Waals surface area contributed by atoms with Gasteiger partial charge in [0.25, 0.3) is 21.8 Å². The molecule has 3 rings (SSSR count). The Morgan fingerprint density at radius 3 is 2.41 bits per heavy atom. The van der Waals surface area contributed by atoms with E-state index >= 15 is 0 Å². The summed E-state index contributed by atoms with van der Waals surface area (Å²) in [5.41, 5.74) is 0.128. The van der Waals surface area contributed by atoms with Crippen LogP contribution >= 0.6 is 11.6 Å². The molecule has 0 unspecified atom stereocenters. The number of carbonyl (C=O) groups excluding carboxylic acids is 3. The highest BCUT2D eigenvalue weighted by Crippen LogP contribution is 2.26. The molecule has 1 N–H and O–H groups in total. The number of hydrogen-bond donors (Lipinski definition) is 1. The van der Waals surface area contributed by atoms with Crippen molar-refractivity contribution in [2.75, 3.05) is 18.0 Å². The highest BCUT2D eigenvalue weighted by molar-refractivity contribution is 7.92. The van der Waals surface area contributed by atoms with Crippen molar-refractivity contribution in [3.05, 3.63) is 82.9 Å². The molecule has 0 saturated heterocycles. The molecular formula is C22H19ClFN3O6S. The summed E-state index contributed by atoms with van der Waals surface area (Å²) in [4.78, 5) is 36.2. The molecule has 12 heteroatoms. The summed E-state index contributed by atoms with van der Waals surface area (Å²) in [6.45, 7) is -0.794. The SMILES string of the molecule is CN(c1ccc(F)cc1)S(=O)(=O)c1ccc(Cl)c(C(=O)OCC(=O)NC(=O)c2cccn2C)c1. The van der Waals surface area contributed by atoms with Gasteiger partial charge in [-0.15, -0.1) is 0 Å². The molecule has 0 atom stereocenters. The zero-order valence-electron chi connectivity index (χ0n) is 18.0. The van der Waals surface area contributed by atoms with E-state index in [0.717, 1.165) is 22.5 Å². The lowest BCUT2D eigenvalue weighted by Gasteiger charge is -2.20. The van der Waals surface area contributed by atoms with Crippen LogP contribution in [0.1, 0.15) is 20.8 Å². The quantitative estimate of drug-likeness (QED) is 0.492. The van der Waals surface area contributed by atoms with E-state index in [2.05, 4.69) is 5.32 Å². The van der Waals surface area contributed by atoms with Gasteiger partial charge < -0.3 is 9.30 Å². The van der Waals surface area contributed by atoms with E-state index in [0.29, 0.717) is 0 Å². The third-order valence-electron chi connectivity index (χ3n) is 4.77. The average molecular weight is 508 g/mol. The third kappa shape index (κ3) is 5.43. The molecule has 0 radical (unpaired) electrons. The molecule has 2 amide bonds. The number of benzene rings is 2. The maximum atomic E-state index is 13.2. The summed E-state index contributed by atoms with van der Waals surface area (Å²) in [5, 5.41) is 1.98. The monoisotopic (exact) mass is 507 g/mol. The third-order valence-corrected chi connectivity index (χ3v) is 6.88. The second-order valence-corrected chi connectivity index (χ2v) is 9.42. The molecular weight excluding hydrogens is 489 g/mol. The average Bonchev–Trinajstić information content (AvgIpc) is 3.23. The highest BCUT2D eigenvalue weighted by atomic mass is 35.5. The van der Waals surface area contributed by atoms with Crippen LogP contribution in [0.25, 0.3) is 0 Å². The number of halogens is 2. The number of anilines is 1. The van der Waals surface area contributed by atoms with E-state index < -0.39 is 40.2 Å². The van der Waals surface area contributed by atoms with Gasteiger partial charge in [-0.1, -0.05) is 11.6 Å². The van der Waals surface area contributed by atoms with Gasteiger partial charge in [-0.3, -0.25) is 19.2 Å². The van der Waals surface area contributed by atoms with E-state index in [1.807, 2.05) is 0 Å². The molecule has 0 saturated carbocycles. The topological polar surface area (TPSA) is 115 Å². The largest absolute Gasteiger partial charge is 0.452 e. The highest BCUT2D eigenvalue weighted by Gasteiger charge is 2.25. The molecule has 0 aliphatic rings. The molecule has 34 heavy (non-hydrogen) atoms. The Morgan fingerprint density at radius 2 is 1.79 bits per heavy atom. The van der Waals surface area contributed by atoms with Gasteiger partial charge in [0.05, 0.1) is 21.2 Å². The number of esters is 1. The minimum Gasteiger partial charge on any atom is -0.452 e. The van der Waals surface area contributed by atoms with Gasteiger partial charge in [0.2, 0.25) is 0 Å². The second-order valence-electron chi connectivity index (χ2n) is 7.05. The Morgan fingerprint density at radius 1 is 1.12 bits per heavy atom. The minimum absolute atomic E-state index is 0.103. The van der Waals surface area contributed by atoms with Crippen molar-refractivity contribution >= 4 is 45.1 Å². The van der Waals surface area contributed by atoms with Crippen molar-refractivity contribution in [1.82, 2.24) is 9.88 Å². The van der Waals surface area contributed by atoms with Crippen LogP contribution in [-0.2, 0) is 26.6 Å². The van der Waals surface area contributed by atoms with Crippen LogP contribution in [0.15, 0.2) is 65.7 Å². The van der Waals surface area contributed by atoms with Gasteiger partial charge in [-0.05, 0) is 54.6 Å². The fourth-order valence-electron chi connectivity index (χ4n) is 2.90. The number of imide groups is 1. The lowest BCUT2D eigenvalue weighted by atomic mass is 10.2. The van der Waals surface area contributed by atoms with Crippen molar-refractivity contribution in [2.45, 2.75) is 4.90 Å². The van der Waals surface area contributed by atoms with Crippen molar-refractivity contribution < 1.29 is 31.9 Å². The number of aryl methyl sites for hydroxylation is 1. The molecule has 0 spiro atoms. The van der Waals surface area contributed by atoms with Crippen LogP contribution < -0.4 is 9.62 Å². The normalized spacial score (nSPS) is 11.1. The maximum Gasteiger partial charge on any atom is 0.340 e. The first-order valence-electron chi connectivity index (χ1n) is 9.67. The first kappa shape index (κ1) is 24.9. The van der Waals surface area contributed by atoms with Crippen LogP contribution in [0.2, 0.25) is 5.02 Å². The number of carbonyl (C=O) groups is 3. The van der Waals surface area contributed by atoms with Gasteiger partial charge in [-0.2, -0.15) is 0 Å². The molecule has 2 aromatic carbocycles. The molecule has 9 nitrogen and oxygen atoms in total. The van der Waals surface area contributed by atoms with Crippen LogP contribution in [0.5, 0.6) is 0 Å². The van der Waals surface area contributed by atoms with Gasteiger partial charge in [0.15, 0.2) is 6.61 Å². The van der Waals surface area contributed by atoms with Crippen LogP contribution in [0, 0.1) is 5.82 Å². The van der Waals surface area contributed by atoms with E-state index in [1.54, 1.807) is 19.3 Å². The molecule has 1 heterocycles. The zero-order chi connectivity index (χ0) is 25.0. The molecule has 1 aromatic heterocycles. The van der Waals surface area contributed by atoms with Crippen LogP contribution in [0.4, 0.5) is 10.1 Å². The minimum atomic E-state index is -4.14. The summed E-state index contributed by atoms with van der Waals surface area (Å²) < 4.78 is 46.4. The lowest BCUT2D eigenvalue weighted by Crippen LogP contribution is -2.35. The Balaban J connectivity index is 1.72. The summed E-state index contributed by atoms with van der Waals surface area (Å²) in [7, 11) is -1.25. The number of sulfonamides is 1. The van der Waals surface area contributed by atoms with Gasteiger partial charge >= 0.3 is 5.97 Å². The molecule has 0 aliphatic carbocycles. The van der Waals surface area contributed by atoms with E-state index in [1.165, 1.54) is 41.9 Å². The van der Waals surface area contributed by atoms with Crippen molar-refractivity contribution in [3.8, 4) is 0 Å². The van der Waals surface area contributed by atoms with Gasteiger partial charge in [0, 0.05) is 20.3 Å². The predicted molar refractivity (Wildman–Crippen MR) is 122 cm³/mol. The first-order chi connectivity index (χ1) is 16.0.